The van der Waals surface area contributed by atoms with E-state index in [2.05, 4.69) is 5.10 Å². The van der Waals surface area contributed by atoms with Crippen molar-refractivity contribution in [2.24, 2.45) is 11.0 Å². The number of carbonyl (C=O) groups is 1. The first-order valence-electron chi connectivity index (χ1n) is 10.7. The van der Waals surface area contributed by atoms with Gasteiger partial charge in [0.25, 0.3) is 0 Å². The highest BCUT2D eigenvalue weighted by molar-refractivity contribution is 7.89. The van der Waals surface area contributed by atoms with Crippen LogP contribution in [0.5, 0.6) is 0 Å². The SMILES string of the molecule is COC1CCN(S(=O)(=O)c2cc(N)ccc2C2CCN3N=CC(CC(=O)O)C3C2)CC1. The van der Waals surface area contributed by atoms with Crippen molar-refractivity contribution in [2.45, 2.75) is 55.1 Å². The van der Waals surface area contributed by atoms with Gasteiger partial charge in [0.05, 0.1) is 23.5 Å². The average molecular weight is 451 g/mol. The second kappa shape index (κ2) is 8.76. The molecule has 9 nitrogen and oxygen atoms in total. The normalized spacial score (nSPS) is 27.4. The summed E-state index contributed by atoms with van der Waals surface area (Å²) in [6, 6.07) is 5.12. The Balaban J connectivity index is 1.59. The zero-order valence-electron chi connectivity index (χ0n) is 17.7. The molecule has 1 aromatic rings. The number of carboxylic acid groups (broad SMARTS) is 1. The fourth-order valence-electron chi connectivity index (χ4n) is 5.03. The number of nitrogens with zero attached hydrogens (tertiary/aromatic N) is 3. The van der Waals surface area contributed by atoms with Crippen LogP contribution in [0, 0.1) is 5.92 Å². The molecule has 170 valence electrons. The van der Waals surface area contributed by atoms with Crippen LogP contribution in [-0.2, 0) is 19.6 Å². The lowest BCUT2D eigenvalue weighted by molar-refractivity contribution is -0.138. The molecule has 3 atom stereocenters. The smallest absolute Gasteiger partial charge is 0.304 e. The van der Waals surface area contributed by atoms with Gasteiger partial charge < -0.3 is 15.6 Å². The van der Waals surface area contributed by atoms with E-state index in [0.717, 1.165) is 12.0 Å². The molecule has 0 radical (unpaired) electrons. The number of sulfonamides is 1. The van der Waals surface area contributed by atoms with Gasteiger partial charge in [0, 0.05) is 44.6 Å². The molecule has 0 saturated carbocycles. The van der Waals surface area contributed by atoms with Gasteiger partial charge in [-0.05, 0) is 49.3 Å². The molecule has 2 saturated heterocycles. The minimum Gasteiger partial charge on any atom is -0.481 e. The van der Waals surface area contributed by atoms with Crippen LogP contribution in [0.25, 0.3) is 0 Å². The van der Waals surface area contributed by atoms with Crippen LogP contribution in [0.3, 0.4) is 0 Å². The number of nitrogen functional groups attached to an aromatic ring is 1. The second-order valence-electron chi connectivity index (χ2n) is 8.61. The quantitative estimate of drug-likeness (QED) is 0.632. The number of nitrogens with two attached hydrogens (primary N) is 1. The number of hydrazone groups is 1. The molecule has 4 rings (SSSR count). The molecule has 3 unspecified atom stereocenters. The Labute approximate surface area is 182 Å². The van der Waals surface area contributed by atoms with Gasteiger partial charge in [-0.1, -0.05) is 6.07 Å². The summed E-state index contributed by atoms with van der Waals surface area (Å²) in [6.45, 7) is 1.51. The van der Waals surface area contributed by atoms with Crippen molar-refractivity contribution in [3.63, 3.8) is 0 Å². The molecule has 0 aliphatic carbocycles. The summed E-state index contributed by atoms with van der Waals surface area (Å²) < 4.78 is 34.0. The van der Waals surface area contributed by atoms with E-state index in [1.165, 1.54) is 4.31 Å². The van der Waals surface area contributed by atoms with Gasteiger partial charge in [-0.2, -0.15) is 9.41 Å². The minimum atomic E-state index is -3.69. The number of hydrogen-bond acceptors (Lipinski definition) is 7. The van der Waals surface area contributed by atoms with Gasteiger partial charge in [-0.3, -0.25) is 9.80 Å². The Hall–Kier alpha value is -2.17. The molecule has 31 heavy (non-hydrogen) atoms. The van der Waals surface area contributed by atoms with Crippen molar-refractivity contribution >= 4 is 27.9 Å². The van der Waals surface area contributed by atoms with E-state index in [1.807, 2.05) is 11.1 Å². The Bertz CT molecular complexity index is 959. The van der Waals surface area contributed by atoms with E-state index < -0.39 is 16.0 Å². The predicted molar refractivity (Wildman–Crippen MR) is 116 cm³/mol. The molecule has 0 aromatic heterocycles. The number of ether oxygens (including phenoxy) is 1. The van der Waals surface area contributed by atoms with Crippen molar-refractivity contribution in [1.29, 1.82) is 0 Å². The van der Waals surface area contributed by atoms with Crippen LogP contribution in [-0.4, -0.2) is 73.9 Å². The Kier molecular flexibility index (Phi) is 6.23. The molecule has 0 amide bonds. The number of benzene rings is 1. The molecule has 2 fully saturated rings. The monoisotopic (exact) mass is 450 g/mol. The highest BCUT2D eigenvalue weighted by atomic mass is 32.2. The standard InChI is InChI=1S/C21H30N4O5S/c1-30-17-5-7-24(8-6-17)31(28,29)20-12-16(22)2-3-18(20)14-4-9-25-19(10-14)15(13-23-25)11-21(26)27/h2-3,12-15,17,19H,4-11,22H2,1H3,(H,26,27). The van der Waals surface area contributed by atoms with Crippen LogP contribution in [0.2, 0.25) is 0 Å². The van der Waals surface area contributed by atoms with Gasteiger partial charge in [0.1, 0.15) is 0 Å². The van der Waals surface area contributed by atoms with E-state index in [0.29, 0.717) is 44.6 Å². The average Bonchev–Trinajstić information content (AvgIpc) is 3.15. The number of aliphatic carboxylic acids is 1. The van der Waals surface area contributed by atoms with Crippen molar-refractivity contribution in [3.8, 4) is 0 Å². The number of rotatable bonds is 6. The van der Waals surface area contributed by atoms with Crippen molar-refractivity contribution in [3.05, 3.63) is 23.8 Å². The lowest BCUT2D eigenvalue weighted by Gasteiger charge is -2.37. The van der Waals surface area contributed by atoms with Crippen LogP contribution in [0.4, 0.5) is 5.69 Å². The maximum Gasteiger partial charge on any atom is 0.304 e. The van der Waals surface area contributed by atoms with Gasteiger partial charge in [-0.15, -0.1) is 0 Å². The van der Waals surface area contributed by atoms with E-state index in [9.17, 15) is 18.3 Å². The molecule has 3 aliphatic heterocycles. The number of methoxy groups -OCH3 is 1. The number of hydrogen-bond donors (Lipinski definition) is 2. The third kappa shape index (κ3) is 4.42. The second-order valence-corrected chi connectivity index (χ2v) is 10.5. The Morgan fingerprint density at radius 3 is 2.68 bits per heavy atom. The summed E-state index contributed by atoms with van der Waals surface area (Å²) >= 11 is 0. The summed E-state index contributed by atoms with van der Waals surface area (Å²) in [6.07, 6.45) is 4.59. The summed E-state index contributed by atoms with van der Waals surface area (Å²) in [5.74, 6) is -1.01. The third-order valence-corrected chi connectivity index (χ3v) is 8.71. The first kappa shape index (κ1) is 22.0. The largest absolute Gasteiger partial charge is 0.481 e. The van der Waals surface area contributed by atoms with Crippen molar-refractivity contribution < 1.29 is 23.1 Å². The fourth-order valence-corrected chi connectivity index (χ4v) is 6.81. The highest BCUT2D eigenvalue weighted by Crippen LogP contribution is 2.40. The summed E-state index contributed by atoms with van der Waals surface area (Å²) in [5.41, 5.74) is 7.18. The lowest BCUT2D eigenvalue weighted by atomic mass is 9.81. The molecule has 0 bridgehead atoms. The zero-order valence-corrected chi connectivity index (χ0v) is 18.5. The number of carboxylic acids is 1. The van der Waals surface area contributed by atoms with Gasteiger partial charge in [-0.25, -0.2) is 8.42 Å². The fraction of sp³-hybridized carbons (Fsp3) is 0.619. The van der Waals surface area contributed by atoms with Gasteiger partial charge >= 0.3 is 5.97 Å². The highest BCUT2D eigenvalue weighted by Gasteiger charge is 2.40. The summed E-state index contributed by atoms with van der Waals surface area (Å²) in [4.78, 5) is 11.5. The van der Waals surface area contributed by atoms with Gasteiger partial charge in [0.2, 0.25) is 10.0 Å². The topological polar surface area (TPSA) is 126 Å². The maximum absolute atomic E-state index is 13.6. The number of anilines is 1. The van der Waals surface area contributed by atoms with Crippen molar-refractivity contribution in [2.75, 3.05) is 32.5 Å². The minimum absolute atomic E-state index is 0.00105. The first-order valence-corrected chi connectivity index (χ1v) is 12.2. The molecule has 0 spiro atoms. The van der Waals surface area contributed by atoms with Crippen LogP contribution < -0.4 is 5.73 Å². The Morgan fingerprint density at radius 2 is 2.00 bits per heavy atom. The van der Waals surface area contributed by atoms with Crippen LogP contribution in [0.15, 0.2) is 28.2 Å². The molecule has 1 aromatic carbocycles. The summed E-state index contributed by atoms with van der Waals surface area (Å²) in [5, 5.41) is 15.6. The third-order valence-electron chi connectivity index (χ3n) is 6.76. The van der Waals surface area contributed by atoms with Crippen molar-refractivity contribution in [1.82, 2.24) is 9.31 Å². The zero-order chi connectivity index (χ0) is 22.2. The maximum atomic E-state index is 13.6. The molecule has 10 heteroatoms. The molecule has 3 N–H and O–H groups in total. The van der Waals surface area contributed by atoms with Crippen LogP contribution in [0.1, 0.15) is 43.6 Å². The first-order chi connectivity index (χ1) is 14.8. The van der Waals surface area contributed by atoms with Crippen LogP contribution >= 0.6 is 0 Å². The van der Waals surface area contributed by atoms with E-state index in [-0.39, 0.29) is 35.3 Å². The molecular formula is C21H30N4O5S. The van der Waals surface area contributed by atoms with E-state index in [1.54, 1.807) is 25.5 Å². The predicted octanol–water partition coefficient (Wildman–Crippen LogP) is 1.71. The lowest BCUT2D eigenvalue weighted by Crippen LogP contribution is -2.42. The number of fused-ring (bicyclic) bond motifs is 1. The summed E-state index contributed by atoms with van der Waals surface area (Å²) in [7, 11) is -2.04. The van der Waals surface area contributed by atoms with Gasteiger partial charge in [0.15, 0.2) is 0 Å². The molecule has 3 heterocycles. The molecular weight excluding hydrogens is 420 g/mol. The molecule has 3 aliphatic rings. The van der Waals surface area contributed by atoms with E-state index >= 15 is 0 Å². The van der Waals surface area contributed by atoms with E-state index in [4.69, 9.17) is 10.5 Å². The number of piperidine rings is 2. The Morgan fingerprint density at radius 1 is 1.26 bits per heavy atom.